The lowest BCUT2D eigenvalue weighted by Gasteiger charge is -2.15. The van der Waals surface area contributed by atoms with Gasteiger partial charge in [-0.2, -0.15) is 0 Å². The normalized spacial score (nSPS) is 12.1. The van der Waals surface area contributed by atoms with Crippen LogP contribution in [0.4, 0.5) is 0 Å². The van der Waals surface area contributed by atoms with Crippen LogP contribution in [0.1, 0.15) is 17.5 Å². The molecule has 0 aliphatic heterocycles. The highest BCUT2D eigenvalue weighted by atomic mass is 14.2. The minimum atomic E-state index is 1.09. The highest BCUT2D eigenvalue weighted by Crippen LogP contribution is 2.40. The van der Waals surface area contributed by atoms with Crippen molar-refractivity contribution in [1.29, 1.82) is 0 Å². The second-order valence-corrected chi connectivity index (χ2v) is 18.6. The summed E-state index contributed by atoms with van der Waals surface area (Å²) in [5, 5.41) is 32.9. The fourth-order valence-corrected chi connectivity index (χ4v) is 11.8. The van der Waals surface area contributed by atoms with E-state index in [1.165, 1.54) is 140 Å². The molecule has 0 saturated heterocycles. The molecule has 312 valence electrons. The van der Waals surface area contributed by atoms with E-state index < -0.39 is 0 Å². The quantitative estimate of drug-likeness (QED) is 0.155. The molecule has 0 unspecified atom stereocenters. The van der Waals surface area contributed by atoms with Gasteiger partial charge < -0.3 is 0 Å². The number of hydrogen-bond donors (Lipinski definition) is 0. The number of benzene rings is 16. The molecule has 16 aromatic rings. The predicted octanol–water partition coefficient (Wildman–Crippen LogP) is 18.8. The zero-order valence-corrected chi connectivity index (χ0v) is 37.1. The minimum Gasteiger partial charge on any atom is -0.0610 e. The Kier molecular flexibility index (Phi) is 8.58. The second-order valence-electron chi connectivity index (χ2n) is 18.6. The molecule has 0 N–H and O–H groups in total. The number of rotatable bonds is 4. The van der Waals surface area contributed by atoms with Gasteiger partial charge in [0.2, 0.25) is 0 Å². The van der Waals surface area contributed by atoms with Gasteiger partial charge in [-0.3, -0.25) is 0 Å². The van der Waals surface area contributed by atoms with Gasteiger partial charge >= 0.3 is 0 Å². The first-order chi connectivity index (χ1) is 33.2. The van der Waals surface area contributed by atoms with Crippen LogP contribution in [0.15, 0.2) is 231 Å². The number of aryl methyl sites for hydroxylation is 2. The van der Waals surface area contributed by atoms with Crippen molar-refractivity contribution < 1.29 is 0 Å². The van der Waals surface area contributed by atoms with Crippen molar-refractivity contribution in [2.45, 2.75) is 19.3 Å². The Hall–Kier alpha value is -8.32. The highest BCUT2D eigenvalue weighted by Gasteiger charge is 2.14. The van der Waals surface area contributed by atoms with Crippen molar-refractivity contribution in [3.05, 3.63) is 242 Å². The van der Waals surface area contributed by atoms with Crippen LogP contribution in [0.3, 0.4) is 0 Å². The summed E-state index contributed by atoms with van der Waals surface area (Å²) in [7, 11) is 0. The summed E-state index contributed by atoms with van der Waals surface area (Å²) < 4.78 is 0. The molecule has 0 nitrogen and oxygen atoms in total. The van der Waals surface area contributed by atoms with Gasteiger partial charge in [-0.25, -0.2) is 0 Å². The Morgan fingerprint density at radius 2 is 0.343 bits per heavy atom. The van der Waals surface area contributed by atoms with Gasteiger partial charge in [-0.15, -0.1) is 0 Å². The molecule has 16 aromatic carbocycles. The minimum absolute atomic E-state index is 1.09. The fraction of sp³-hybridized carbons (Fsp3) is 0.0448. The summed E-state index contributed by atoms with van der Waals surface area (Å²) in [6, 6.07) is 84.7. The Morgan fingerprint density at radius 1 is 0.164 bits per heavy atom. The third-order valence-electron chi connectivity index (χ3n) is 14.9. The molecule has 0 spiro atoms. The van der Waals surface area contributed by atoms with Gasteiger partial charge in [-0.05, 0) is 160 Å². The molecule has 0 heterocycles. The summed E-state index contributed by atoms with van der Waals surface area (Å²) in [6.07, 6.45) is 3.33. The molecule has 0 heteroatoms. The molecule has 0 aromatic heterocycles. The topological polar surface area (TPSA) is 0 Å². The maximum atomic E-state index is 2.35. The van der Waals surface area contributed by atoms with Crippen LogP contribution in [0.25, 0.3) is 129 Å². The van der Waals surface area contributed by atoms with Gasteiger partial charge in [0.05, 0.1) is 0 Å². The van der Waals surface area contributed by atoms with Gasteiger partial charge in [0.15, 0.2) is 0 Å². The van der Waals surface area contributed by atoms with E-state index in [4.69, 9.17) is 0 Å². The van der Waals surface area contributed by atoms with E-state index >= 15 is 0 Å². The second kappa shape index (κ2) is 15.1. The van der Waals surface area contributed by atoms with E-state index in [9.17, 15) is 0 Å². The lowest BCUT2D eigenvalue weighted by molar-refractivity contribution is 0.830. The average Bonchev–Trinajstić information content (AvgIpc) is 3.39. The average molecular weight is 849 g/mol. The van der Waals surface area contributed by atoms with Crippen molar-refractivity contribution in [2.24, 2.45) is 0 Å². The summed E-state index contributed by atoms with van der Waals surface area (Å²) in [5.74, 6) is 0. The molecule has 0 aliphatic carbocycles. The first-order valence-electron chi connectivity index (χ1n) is 23.8. The number of hydrogen-bond acceptors (Lipinski definition) is 0. The molecule has 0 radical (unpaired) electrons. The van der Waals surface area contributed by atoms with Crippen molar-refractivity contribution in [3.63, 3.8) is 0 Å². The Balaban J connectivity index is 0.000000110. The molecular formula is C67H44. The molecule has 0 amide bonds. The predicted molar refractivity (Wildman–Crippen MR) is 293 cm³/mol. The summed E-state index contributed by atoms with van der Waals surface area (Å²) in [5.41, 5.74) is 2.93. The summed E-state index contributed by atoms with van der Waals surface area (Å²) >= 11 is 0. The van der Waals surface area contributed by atoms with Crippen LogP contribution < -0.4 is 0 Å². The van der Waals surface area contributed by atoms with Crippen molar-refractivity contribution in [1.82, 2.24) is 0 Å². The molecule has 16 rings (SSSR count). The van der Waals surface area contributed by atoms with Gasteiger partial charge in [-0.1, -0.05) is 231 Å². The maximum absolute atomic E-state index is 2.35. The smallest absolute Gasteiger partial charge is 0.00240 e. The molecule has 0 saturated carbocycles. The van der Waals surface area contributed by atoms with Crippen LogP contribution in [-0.4, -0.2) is 0 Å². The van der Waals surface area contributed by atoms with E-state index in [1.807, 2.05) is 0 Å². The highest BCUT2D eigenvalue weighted by molar-refractivity contribution is 6.26. The Bertz CT molecular complexity index is 3900. The van der Waals surface area contributed by atoms with Crippen molar-refractivity contribution >= 4 is 129 Å². The fourth-order valence-electron chi connectivity index (χ4n) is 11.8. The third-order valence-corrected chi connectivity index (χ3v) is 14.9. The molecule has 67 heavy (non-hydrogen) atoms. The lowest BCUT2D eigenvalue weighted by Crippen LogP contribution is -1.95. The van der Waals surface area contributed by atoms with Gasteiger partial charge in [0.25, 0.3) is 0 Å². The monoisotopic (exact) mass is 848 g/mol. The van der Waals surface area contributed by atoms with Gasteiger partial charge in [0, 0.05) is 0 Å². The van der Waals surface area contributed by atoms with Crippen molar-refractivity contribution in [2.75, 3.05) is 0 Å². The lowest BCUT2D eigenvalue weighted by atomic mass is 9.89. The van der Waals surface area contributed by atoms with Crippen LogP contribution in [0.2, 0.25) is 0 Å². The van der Waals surface area contributed by atoms with Gasteiger partial charge in [0.1, 0.15) is 0 Å². The summed E-state index contributed by atoms with van der Waals surface area (Å²) in [6.45, 7) is 0. The van der Waals surface area contributed by atoms with E-state index in [0.717, 1.165) is 19.3 Å². The molecule has 0 atom stereocenters. The zero-order valence-electron chi connectivity index (χ0n) is 37.1. The van der Waals surface area contributed by atoms with E-state index in [1.54, 1.807) is 0 Å². The first-order valence-corrected chi connectivity index (χ1v) is 23.8. The largest absolute Gasteiger partial charge is 0.0610 e. The molecule has 0 aliphatic rings. The SMILES string of the molecule is c1cc2ccc3ccc(CCCc4ccc5ccc6cccc7ccc4c5c67)c4ccc(c1)c2c34.c1cc2ccc3cccc4ccc(c1)c2c34.c1cc2ccc3cccc4ccc(c1)c2c34. The Labute approximate surface area is 388 Å². The Morgan fingerprint density at radius 3 is 0.582 bits per heavy atom. The zero-order chi connectivity index (χ0) is 44.0. The van der Waals surface area contributed by atoms with E-state index in [2.05, 4.69) is 231 Å². The molecular weight excluding hydrogens is 805 g/mol. The summed E-state index contributed by atoms with van der Waals surface area (Å²) in [4.78, 5) is 0. The van der Waals surface area contributed by atoms with E-state index in [-0.39, 0.29) is 0 Å². The molecule has 0 bridgehead atoms. The van der Waals surface area contributed by atoms with Crippen LogP contribution in [-0.2, 0) is 12.8 Å². The third kappa shape index (κ3) is 6.07. The standard InChI is InChI=1S/C35H24.2C16H10/c1(4-22-10-12-28-16-14-24-6-2-8-26-18-20-30(22)34(28)32(24)26)5-23-11-13-29-17-15-25-7-3-9-27-19-21-31(23)35(29)33(25)27;2*1-3-11-7-9-13-5-2-6-14-10-8-12(4-1)15(11)16(13)14/h2-3,6-21H,1,4-5H2;2*1-10H. The van der Waals surface area contributed by atoms with Crippen LogP contribution in [0, 0.1) is 0 Å². The van der Waals surface area contributed by atoms with Crippen molar-refractivity contribution in [3.8, 4) is 0 Å². The maximum Gasteiger partial charge on any atom is -0.00240 e. The van der Waals surface area contributed by atoms with Crippen LogP contribution >= 0.6 is 0 Å². The first kappa shape index (κ1) is 38.0. The van der Waals surface area contributed by atoms with E-state index in [0.29, 0.717) is 0 Å². The molecule has 0 fully saturated rings. The van der Waals surface area contributed by atoms with Crippen LogP contribution in [0.5, 0.6) is 0 Å².